The largest absolute Gasteiger partial charge is 0.477 e. The van der Waals surface area contributed by atoms with Crippen molar-refractivity contribution in [3.05, 3.63) is 50.5 Å². The molecule has 2 N–H and O–H groups in total. The standard InChI is InChI=1S/C11H6Cl2N2O3/c12-6-3-1-2-5(9(6)13)7-4-8(10(16)17)15-11(18)14-7/h1-4H,(H,16,17)(H,14,15,18). The Morgan fingerprint density at radius 3 is 2.72 bits per heavy atom. The van der Waals surface area contributed by atoms with Crippen molar-refractivity contribution in [3.63, 3.8) is 0 Å². The average Bonchev–Trinajstić information content (AvgIpc) is 2.31. The predicted molar refractivity (Wildman–Crippen MR) is 67.3 cm³/mol. The summed E-state index contributed by atoms with van der Waals surface area (Å²) in [6.07, 6.45) is 0. The van der Waals surface area contributed by atoms with E-state index in [1.807, 2.05) is 0 Å². The number of carboxylic acid groups (broad SMARTS) is 1. The Morgan fingerprint density at radius 2 is 2.06 bits per heavy atom. The van der Waals surface area contributed by atoms with Gasteiger partial charge in [0.05, 0.1) is 15.7 Å². The van der Waals surface area contributed by atoms with Gasteiger partial charge in [-0.3, -0.25) is 4.98 Å². The van der Waals surface area contributed by atoms with Crippen molar-refractivity contribution in [3.8, 4) is 11.3 Å². The molecule has 1 heterocycles. The summed E-state index contributed by atoms with van der Waals surface area (Å²) < 4.78 is 0. The Morgan fingerprint density at radius 1 is 1.33 bits per heavy atom. The second-order valence-electron chi connectivity index (χ2n) is 3.39. The third-order valence-corrected chi connectivity index (χ3v) is 3.02. The first-order chi connectivity index (χ1) is 8.49. The molecule has 0 atom stereocenters. The SMILES string of the molecule is O=C(O)c1cc(-c2cccc(Cl)c2Cl)nc(=O)[nH]1. The smallest absolute Gasteiger partial charge is 0.352 e. The number of hydrogen-bond acceptors (Lipinski definition) is 3. The second-order valence-corrected chi connectivity index (χ2v) is 4.18. The fraction of sp³-hybridized carbons (Fsp3) is 0. The highest BCUT2D eigenvalue weighted by atomic mass is 35.5. The van der Waals surface area contributed by atoms with Crippen LogP contribution >= 0.6 is 23.2 Å². The molecule has 0 aliphatic carbocycles. The van der Waals surface area contributed by atoms with E-state index < -0.39 is 11.7 Å². The highest BCUT2D eigenvalue weighted by Crippen LogP contribution is 2.31. The molecule has 7 heteroatoms. The van der Waals surface area contributed by atoms with E-state index in [2.05, 4.69) is 9.97 Å². The van der Waals surface area contributed by atoms with E-state index in [-0.39, 0.29) is 16.4 Å². The monoisotopic (exact) mass is 284 g/mol. The number of halogens is 2. The first-order valence-corrected chi connectivity index (χ1v) is 5.53. The van der Waals surface area contributed by atoms with Crippen LogP contribution in [0.5, 0.6) is 0 Å². The van der Waals surface area contributed by atoms with Gasteiger partial charge >= 0.3 is 11.7 Å². The Hall–Kier alpha value is -1.85. The van der Waals surface area contributed by atoms with Gasteiger partial charge in [-0.15, -0.1) is 0 Å². The Kier molecular flexibility index (Phi) is 3.36. The highest BCUT2D eigenvalue weighted by Gasteiger charge is 2.12. The molecule has 0 spiro atoms. The van der Waals surface area contributed by atoms with Crippen molar-refractivity contribution in [1.29, 1.82) is 0 Å². The van der Waals surface area contributed by atoms with Gasteiger partial charge in [-0.1, -0.05) is 35.3 Å². The average molecular weight is 285 g/mol. The van der Waals surface area contributed by atoms with Crippen molar-refractivity contribution in [2.75, 3.05) is 0 Å². The molecular formula is C11H6Cl2N2O3. The molecule has 0 unspecified atom stereocenters. The minimum Gasteiger partial charge on any atom is -0.477 e. The van der Waals surface area contributed by atoms with E-state index in [1.165, 1.54) is 6.07 Å². The summed E-state index contributed by atoms with van der Waals surface area (Å²) in [5.41, 5.74) is -0.469. The Labute approximate surface area is 111 Å². The van der Waals surface area contributed by atoms with E-state index in [0.717, 1.165) is 0 Å². The number of aromatic amines is 1. The van der Waals surface area contributed by atoms with Crippen LogP contribution in [0.3, 0.4) is 0 Å². The lowest BCUT2D eigenvalue weighted by Crippen LogP contribution is -2.16. The van der Waals surface area contributed by atoms with Crippen LogP contribution in [-0.4, -0.2) is 21.0 Å². The maximum Gasteiger partial charge on any atom is 0.352 e. The molecule has 1 aromatic heterocycles. The summed E-state index contributed by atoms with van der Waals surface area (Å²) in [5.74, 6) is -1.26. The number of nitrogens with zero attached hydrogens (tertiary/aromatic N) is 1. The van der Waals surface area contributed by atoms with Crippen LogP contribution in [0.4, 0.5) is 0 Å². The van der Waals surface area contributed by atoms with Crippen LogP contribution in [0, 0.1) is 0 Å². The van der Waals surface area contributed by atoms with Gasteiger partial charge in [0, 0.05) is 5.56 Å². The van der Waals surface area contributed by atoms with Gasteiger partial charge in [-0.05, 0) is 12.1 Å². The minimum atomic E-state index is -1.26. The summed E-state index contributed by atoms with van der Waals surface area (Å²) in [4.78, 5) is 27.9. The van der Waals surface area contributed by atoms with Gasteiger partial charge < -0.3 is 5.11 Å². The van der Waals surface area contributed by atoms with Crippen LogP contribution in [0.25, 0.3) is 11.3 Å². The van der Waals surface area contributed by atoms with Gasteiger partial charge in [0.1, 0.15) is 5.69 Å². The lowest BCUT2D eigenvalue weighted by atomic mass is 10.1. The fourth-order valence-electron chi connectivity index (χ4n) is 1.41. The molecule has 0 aliphatic rings. The van der Waals surface area contributed by atoms with E-state index in [9.17, 15) is 9.59 Å². The predicted octanol–water partition coefficient (Wildman–Crippen LogP) is 2.44. The maximum atomic E-state index is 11.3. The lowest BCUT2D eigenvalue weighted by molar-refractivity contribution is 0.0690. The van der Waals surface area contributed by atoms with Crippen LogP contribution in [0.2, 0.25) is 10.0 Å². The molecule has 2 aromatic rings. The molecule has 2 rings (SSSR count). The number of H-pyrrole nitrogens is 1. The molecule has 0 bridgehead atoms. The van der Waals surface area contributed by atoms with E-state index in [1.54, 1.807) is 18.2 Å². The lowest BCUT2D eigenvalue weighted by Gasteiger charge is -2.05. The highest BCUT2D eigenvalue weighted by molar-refractivity contribution is 6.43. The first-order valence-electron chi connectivity index (χ1n) is 4.78. The summed E-state index contributed by atoms with van der Waals surface area (Å²) in [7, 11) is 0. The van der Waals surface area contributed by atoms with Crippen molar-refractivity contribution in [2.45, 2.75) is 0 Å². The fourth-order valence-corrected chi connectivity index (χ4v) is 1.81. The molecule has 0 saturated carbocycles. The minimum absolute atomic E-state index is 0.156. The third kappa shape index (κ3) is 2.37. The number of nitrogens with one attached hydrogen (secondary N) is 1. The number of aromatic carboxylic acids is 1. The molecule has 18 heavy (non-hydrogen) atoms. The van der Waals surface area contributed by atoms with E-state index in [4.69, 9.17) is 28.3 Å². The molecule has 5 nitrogen and oxygen atoms in total. The quantitative estimate of drug-likeness (QED) is 0.887. The Bertz CT molecular complexity index is 682. The van der Waals surface area contributed by atoms with Gasteiger partial charge in [0.25, 0.3) is 0 Å². The molecule has 0 fully saturated rings. The molecule has 0 amide bonds. The summed E-state index contributed by atoms with van der Waals surface area (Å²) in [6, 6.07) is 6.04. The second kappa shape index (κ2) is 4.80. The van der Waals surface area contributed by atoms with Crippen LogP contribution in [0.15, 0.2) is 29.1 Å². The Balaban J connectivity index is 2.68. The van der Waals surface area contributed by atoms with E-state index in [0.29, 0.717) is 10.6 Å². The molecule has 1 aromatic carbocycles. The topological polar surface area (TPSA) is 83.0 Å². The number of rotatable bonds is 2. The summed E-state index contributed by atoms with van der Waals surface area (Å²) in [5, 5.41) is 9.36. The third-order valence-electron chi connectivity index (χ3n) is 2.20. The summed E-state index contributed by atoms with van der Waals surface area (Å²) in [6.45, 7) is 0. The van der Waals surface area contributed by atoms with E-state index >= 15 is 0 Å². The zero-order valence-corrected chi connectivity index (χ0v) is 10.3. The molecule has 0 aliphatic heterocycles. The molecule has 0 saturated heterocycles. The van der Waals surface area contributed by atoms with Crippen LogP contribution in [-0.2, 0) is 0 Å². The van der Waals surface area contributed by atoms with Crippen LogP contribution < -0.4 is 5.69 Å². The van der Waals surface area contributed by atoms with Crippen molar-refractivity contribution in [2.24, 2.45) is 0 Å². The number of aromatic nitrogens is 2. The number of hydrogen-bond donors (Lipinski definition) is 2. The molecule has 0 radical (unpaired) electrons. The maximum absolute atomic E-state index is 11.3. The molecular weight excluding hydrogens is 279 g/mol. The zero-order valence-electron chi connectivity index (χ0n) is 8.78. The molecule has 92 valence electrons. The van der Waals surface area contributed by atoms with Crippen molar-refractivity contribution < 1.29 is 9.90 Å². The van der Waals surface area contributed by atoms with Crippen LogP contribution in [0.1, 0.15) is 10.5 Å². The normalized spacial score (nSPS) is 10.3. The zero-order chi connectivity index (χ0) is 13.3. The van der Waals surface area contributed by atoms with Gasteiger partial charge in [0.15, 0.2) is 0 Å². The number of benzene rings is 1. The number of carboxylic acids is 1. The first kappa shape index (κ1) is 12.6. The van der Waals surface area contributed by atoms with Gasteiger partial charge in [-0.25, -0.2) is 9.59 Å². The van der Waals surface area contributed by atoms with Gasteiger partial charge in [0.2, 0.25) is 0 Å². The van der Waals surface area contributed by atoms with Crippen molar-refractivity contribution in [1.82, 2.24) is 9.97 Å². The van der Waals surface area contributed by atoms with Crippen molar-refractivity contribution >= 4 is 29.2 Å². The summed E-state index contributed by atoms with van der Waals surface area (Å²) >= 11 is 11.8. The number of carbonyl (C=O) groups is 1. The van der Waals surface area contributed by atoms with Gasteiger partial charge in [-0.2, -0.15) is 4.98 Å².